The summed E-state index contributed by atoms with van der Waals surface area (Å²) in [7, 11) is 0. The molecule has 26 heavy (non-hydrogen) atoms. The highest BCUT2D eigenvalue weighted by molar-refractivity contribution is 7.13. The molecule has 6 heteroatoms. The first-order valence-electron chi connectivity index (χ1n) is 10.4. The number of nitrogens with zero attached hydrogens (tertiary/aromatic N) is 2. The third kappa shape index (κ3) is 4.77. The molecule has 0 spiro atoms. The number of carbonyl (C=O) groups is 1. The second-order valence-corrected chi connectivity index (χ2v) is 9.07. The molecular weight excluding hydrogens is 346 g/mol. The van der Waals surface area contributed by atoms with Gasteiger partial charge in [-0.3, -0.25) is 5.32 Å². The van der Waals surface area contributed by atoms with Crippen molar-refractivity contribution in [1.29, 1.82) is 0 Å². The highest BCUT2D eigenvalue weighted by Crippen LogP contribution is 2.34. The number of carbonyl (C=O) groups excluding carboxylic acids is 1. The Morgan fingerprint density at radius 2 is 1.81 bits per heavy atom. The van der Waals surface area contributed by atoms with Gasteiger partial charge in [0.25, 0.3) is 0 Å². The average molecular weight is 378 g/mol. The first-order chi connectivity index (χ1) is 12.8. The molecule has 1 heterocycles. The fraction of sp³-hybridized carbons (Fsp3) is 0.800. The van der Waals surface area contributed by atoms with Crippen molar-refractivity contribution < 1.29 is 9.53 Å². The molecule has 3 aliphatic carbocycles. The van der Waals surface area contributed by atoms with Crippen molar-refractivity contribution in [2.45, 2.75) is 88.8 Å². The summed E-state index contributed by atoms with van der Waals surface area (Å²) in [5.41, 5.74) is 0. The van der Waals surface area contributed by atoms with Crippen LogP contribution >= 0.6 is 11.3 Å². The lowest BCUT2D eigenvalue weighted by atomic mass is 9.88. The SMILES string of the molecule is O=C(Nc1nccs1)N(C1CCCCC1)C1CCC(OCC2CC2)CC1. The van der Waals surface area contributed by atoms with Gasteiger partial charge in [-0.25, -0.2) is 9.78 Å². The lowest BCUT2D eigenvalue weighted by Crippen LogP contribution is -2.51. The summed E-state index contributed by atoms with van der Waals surface area (Å²) in [5.74, 6) is 0.829. The van der Waals surface area contributed by atoms with Gasteiger partial charge in [0.05, 0.1) is 6.10 Å². The normalized spacial score (nSPS) is 27.2. The minimum absolute atomic E-state index is 0.0502. The van der Waals surface area contributed by atoms with Crippen LogP contribution in [0.5, 0.6) is 0 Å². The molecule has 4 rings (SSSR count). The second kappa shape index (κ2) is 8.70. The highest BCUT2D eigenvalue weighted by Gasteiger charge is 2.35. The lowest BCUT2D eigenvalue weighted by molar-refractivity contribution is 0.00150. The minimum atomic E-state index is 0.0502. The van der Waals surface area contributed by atoms with Crippen LogP contribution in [-0.2, 0) is 4.74 Å². The summed E-state index contributed by atoms with van der Waals surface area (Å²) in [4.78, 5) is 19.5. The lowest BCUT2D eigenvalue weighted by Gasteiger charge is -2.42. The second-order valence-electron chi connectivity index (χ2n) is 8.17. The van der Waals surface area contributed by atoms with E-state index in [1.165, 1.54) is 43.4 Å². The maximum atomic E-state index is 13.1. The Labute approximate surface area is 160 Å². The number of rotatable bonds is 6. The van der Waals surface area contributed by atoms with Crippen LogP contribution in [-0.4, -0.2) is 40.7 Å². The molecule has 1 N–H and O–H groups in total. The van der Waals surface area contributed by atoms with E-state index in [0.29, 0.717) is 23.3 Å². The number of nitrogens with one attached hydrogen (secondary N) is 1. The van der Waals surface area contributed by atoms with Crippen LogP contribution < -0.4 is 5.32 Å². The van der Waals surface area contributed by atoms with E-state index in [4.69, 9.17) is 4.74 Å². The molecule has 0 unspecified atom stereocenters. The number of ether oxygens (including phenoxy) is 1. The zero-order valence-electron chi connectivity index (χ0n) is 15.6. The van der Waals surface area contributed by atoms with Crippen molar-refractivity contribution in [3.8, 4) is 0 Å². The standard InChI is InChI=1S/C20H31N3O2S/c24-20(22-19-21-12-13-26-19)23(16-4-2-1-3-5-16)17-8-10-18(11-9-17)25-14-15-6-7-15/h12-13,15-18H,1-11,14H2,(H,21,22,24). The first kappa shape index (κ1) is 18.2. The molecule has 0 atom stereocenters. The van der Waals surface area contributed by atoms with Gasteiger partial charge < -0.3 is 9.64 Å². The average Bonchev–Trinajstić information content (AvgIpc) is 3.37. The Balaban J connectivity index is 1.36. The molecule has 3 aliphatic rings. The highest BCUT2D eigenvalue weighted by atomic mass is 32.1. The van der Waals surface area contributed by atoms with Crippen LogP contribution in [0.15, 0.2) is 11.6 Å². The van der Waals surface area contributed by atoms with Gasteiger partial charge in [-0.15, -0.1) is 11.3 Å². The number of thiazole rings is 1. The predicted octanol–water partition coefficient (Wildman–Crippen LogP) is 5.05. The molecule has 1 aromatic rings. The van der Waals surface area contributed by atoms with Crippen LogP contribution in [0.2, 0.25) is 0 Å². The van der Waals surface area contributed by atoms with E-state index in [0.717, 1.165) is 51.0 Å². The van der Waals surface area contributed by atoms with Crippen LogP contribution in [0, 0.1) is 5.92 Å². The van der Waals surface area contributed by atoms with E-state index in [9.17, 15) is 4.79 Å². The van der Waals surface area contributed by atoms with E-state index in [1.807, 2.05) is 5.38 Å². The molecule has 0 radical (unpaired) electrons. The van der Waals surface area contributed by atoms with E-state index in [1.54, 1.807) is 6.20 Å². The maximum Gasteiger partial charge on any atom is 0.324 e. The number of hydrogen-bond acceptors (Lipinski definition) is 4. The molecule has 0 bridgehead atoms. The molecule has 3 saturated carbocycles. The Morgan fingerprint density at radius 3 is 2.46 bits per heavy atom. The summed E-state index contributed by atoms with van der Waals surface area (Å²) in [6.45, 7) is 0.951. The zero-order valence-corrected chi connectivity index (χ0v) is 16.4. The van der Waals surface area contributed by atoms with E-state index in [2.05, 4.69) is 15.2 Å². The van der Waals surface area contributed by atoms with Crippen molar-refractivity contribution in [1.82, 2.24) is 9.88 Å². The van der Waals surface area contributed by atoms with Gasteiger partial charge in [0.15, 0.2) is 5.13 Å². The van der Waals surface area contributed by atoms with Crippen molar-refractivity contribution in [2.75, 3.05) is 11.9 Å². The summed E-state index contributed by atoms with van der Waals surface area (Å²) in [5, 5.41) is 5.65. The predicted molar refractivity (Wildman–Crippen MR) is 105 cm³/mol. The van der Waals surface area contributed by atoms with Crippen molar-refractivity contribution >= 4 is 22.5 Å². The summed E-state index contributed by atoms with van der Waals surface area (Å²) >= 11 is 1.49. The van der Waals surface area contributed by atoms with E-state index < -0.39 is 0 Å². The monoisotopic (exact) mass is 377 g/mol. The fourth-order valence-electron chi connectivity index (χ4n) is 4.48. The molecule has 5 nitrogen and oxygen atoms in total. The molecule has 144 valence electrons. The summed E-state index contributed by atoms with van der Waals surface area (Å²) in [6, 6.07) is 0.783. The van der Waals surface area contributed by atoms with Crippen molar-refractivity contribution in [3.05, 3.63) is 11.6 Å². The molecule has 0 aliphatic heterocycles. The Kier molecular flexibility index (Phi) is 6.10. The van der Waals surface area contributed by atoms with Gasteiger partial charge >= 0.3 is 6.03 Å². The van der Waals surface area contributed by atoms with Crippen LogP contribution in [0.3, 0.4) is 0 Å². The Bertz CT molecular complexity index is 562. The molecule has 3 fully saturated rings. The smallest absolute Gasteiger partial charge is 0.324 e. The van der Waals surface area contributed by atoms with Crippen LogP contribution in [0.1, 0.15) is 70.6 Å². The molecular formula is C20H31N3O2S. The van der Waals surface area contributed by atoms with E-state index in [-0.39, 0.29) is 6.03 Å². The number of aromatic nitrogens is 1. The van der Waals surface area contributed by atoms with Gasteiger partial charge in [0.2, 0.25) is 0 Å². The van der Waals surface area contributed by atoms with Crippen LogP contribution in [0.25, 0.3) is 0 Å². The quantitative estimate of drug-likeness (QED) is 0.755. The topological polar surface area (TPSA) is 54.5 Å². The molecule has 1 aromatic heterocycles. The molecule has 0 aromatic carbocycles. The zero-order chi connectivity index (χ0) is 17.8. The number of urea groups is 1. The van der Waals surface area contributed by atoms with Crippen molar-refractivity contribution in [2.24, 2.45) is 5.92 Å². The fourth-order valence-corrected chi connectivity index (χ4v) is 5.00. The third-order valence-corrected chi connectivity index (χ3v) is 6.84. The third-order valence-electron chi connectivity index (χ3n) is 6.15. The Hall–Kier alpha value is -1.14. The van der Waals surface area contributed by atoms with Crippen LogP contribution in [0.4, 0.5) is 9.93 Å². The van der Waals surface area contributed by atoms with Crippen molar-refractivity contribution in [3.63, 3.8) is 0 Å². The van der Waals surface area contributed by atoms with E-state index >= 15 is 0 Å². The minimum Gasteiger partial charge on any atom is -0.378 e. The summed E-state index contributed by atoms with van der Waals surface area (Å²) in [6.07, 6.45) is 15.2. The van der Waals surface area contributed by atoms with Gasteiger partial charge in [0, 0.05) is 30.3 Å². The van der Waals surface area contributed by atoms with Gasteiger partial charge in [-0.05, 0) is 57.3 Å². The molecule has 0 saturated heterocycles. The van der Waals surface area contributed by atoms with Gasteiger partial charge in [-0.1, -0.05) is 19.3 Å². The van der Waals surface area contributed by atoms with Gasteiger partial charge in [0.1, 0.15) is 0 Å². The first-order valence-corrected chi connectivity index (χ1v) is 11.3. The number of amides is 2. The Morgan fingerprint density at radius 1 is 1.08 bits per heavy atom. The largest absolute Gasteiger partial charge is 0.378 e. The van der Waals surface area contributed by atoms with Gasteiger partial charge in [-0.2, -0.15) is 0 Å². The molecule has 2 amide bonds. The summed E-state index contributed by atoms with van der Waals surface area (Å²) < 4.78 is 6.10. The maximum absolute atomic E-state index is 13.1. The number of hydrogen-bond donors (Lipinski definition) is 1. The number of anilines is 1.